The molecule has 3 saturated heterocycles. The van der Waals surface area contributed by atoms with Crippen molar-refractivity contribution in [1.29, 1.82) is 0 Å². The van der Waals surface area contributed by atoms with Gasteiger partial charge in [-0.1, -0.05) is 13.3 Å². The van der Waals surface area contributed by atoms with E-state index in [1.165, 1.54) is 12.8 Å². The number of piperidine rings is 3. The molecule has 2 bridgehead atoms. The zero-order valence-electron chi connectivity index (χ0n) is 14.4. The number of nitrogens with zero attached hydrogens (tertiary/aromatic N) is 2. The fourth-order valence-corrected chi connectivity index (χ4v) is 4.69. The molecule has 4 nitrogen and oxygen atoms in total. The van der Waals surface area contributed by atoms with E-state index in [9.17, 15) is 5.11 Å². The fourth-order valence-electron chi connectivity index (χ4n) is 4.69. The molecule has 3 aliphatic heterocycles. The lowest BCUT2D eigenvalue weighted by atomic mass is 9.72. The molecular weight excluding hydrogens is 300 g/mol. The lowest BCUT2D eigenvalue weighted by molar-refractivity contribution is -0.0783. The van der Waals surface area contributed by atoms with Crippen LogP contribution in [0.5, 0.6) is 5.75 Å². The Labute approximate surface area is 143 Å². The van der Waals surface area contributed by atoms with E-state index in [-0.39, 0.29) is 6.04 Å². The molecule has 24 heavy (non-hydrogen) atoms. The van der Waals surface area contributed by atoms with Crippen molar-refractivity contribution >= 4 is 10.9 Å². The van der Waals surface area contributed by atoms with Gasteiger partial charge in [0.1, 0.15) is 11.9 Å². The van der Waals surface area contributed by atoms with Gasteiger partial charge < -0.3 is 4.74 Å². The molecule has 3 fully saturated rings. The third-order valence-corrected chi connectivity index (χ3v) is 6.10. The topological polar surface area (TPSA) is 45.3 Å². The van der Waals surface area contributed by atoms with E-state index in [0.717, 1.165) is 53.6 Å². The van der Waals surface area contributed by atoms with Gasteiger partial charge in [0, 0.05) is 24.2 Å². The monoisotopic (exact) mass is 325 g/mol. The van der Waals surface area contributed by atoms with Crippen LogP contribution in [-0.2, 0) is 5.11 Å². The summed E-state index contributed by atoms with van der Waals surface area (Å²) in [5.74, 6) is 2.28. The molecule has 0 aliphatic carbocycles. The van der Waals surface area contributed by atoms with Crippen LogP contribution in [0.25, 0.3) is 10.9 Å². The summed E-state index contributed by atoms with van der Waals surface area (Å²) in [6.45, 7) is 4.45. The van der Waals surface area contributed by atoms with Crippen LogP contribution in [0.3, 0.4) is 0 Å². The van der Waals surface area contributed by atoms with Crippen molar-refractivity contribution in [2.45, 2.75) is 38.3 Å². The van der Waals surface area contributed by atoms with Crippen LogP contribution in [0.15, 0.2) is 30.5 Å². The lowest BCUT2D eigenvalue weighted by Gasteiger charge is -2.50. The van der Waals surface area contributed by atoms with Gasteiger partial charge in [0.25, 0.3) is 0 Å². The van der Waals surface area contributed by atoms with E-state index in [4.69, 9.17) is 4.74 Å². The number of fused-ring (bicyclic) bond motifs is 4. The maximum Gasteiger partial charge on any atom is 0.134 e. The summed E-state index contributed by atoms with van der Waals surface area (Å²) in [7, 11) is 1.66. The first kappa shape index (κ1) is 15.9. The second-order valence-electron chi connectivity index (χ2n) is 7.22. The molecule has 5 rings (SSSR count). The molecule has 3 aliphatic rings. The van der Waals surface area contributed by atoms with Gasteiger partial charge >= 0.3 is 0 Å². The Morgan fingerprint density at radius 1 is 1.38 bits per heavy atom. The minimum absolute atomic E-state index is 0.114. The van der Waals surface area contributed by atoms with E-state index in [1.54, 1.807) is 13.3 Å². The van der Waals surface area contributed by atoms with Crippen LogP contribution in [0.2, 0.25) is 0 Å². The Hall–Kier alpha value is -1.65. The predicted molar refractivity (Wildman–Crippen MR) is 93.6 cm³/mol. The average molecular weight is 325 g/mol. The normalized spacial score (nSPS) is 30.5. The SMILES string of the molecule is CC[C@H]1CN2CC[C@H]1C[C@H]2[C@H]([O])c1ccnc2ccc(OC)cc12. The van der Waals surface area contributed by atoms with E-state index in [2.05, 4.69) is 16.8 Å². The molecule has 1 radical (unpaired) electrons. The van der Waals surface area contributed by atoms with Crippen molar-refractivity contribution < 1.29 is 9.84 Å². The fraction of sp³-hybridized carbons (Fsp3) is 0.550. The molecule has 0 N–H and O–H groups in total. The number of hydrogen-bond donors (Lipinski definition) is 0. The summed E-state index contributed by atoms with van der Waals surface area (Å²) in [6, 6.07) is 7.80. The van der Waals surface area contributed by atoms with Crippen LogP contribution < -0.4 is 4.74 Å². The summed E-state index contributed by atoms with van der Waals surface area (Å²) in [5, 5.41) is 14.3. The lowest BCUT2D eigenvalue weighted by Crippen LogP contribution is -2.55. The standard InChI is InChI=1S/C20H25N2O2/c1-3-13-12-22-9-7-14(13)10-19(22)20(23)16-6-8-21-18-5-4-15(24-2)11-17(16)18/h4-6,8,11,13-14,19-20H,3,7,9-10,12H2,1-2H3/t13-,14-,19-,20+/m0/s1. The second-order valence-corrected chi connectivity index (χ2v) is 7.22. The summed E-state index contributed by atoms with van der Waals surface area (Å²) in [6.07, 6.45) is 4.57. The molecule has 127 valence electrons. The Balaban J connectivity index is 1.68. The summed E-state index contributed by atoms with van der Waals surface area (Å²) in [4.78, 5) is 6.85. The highest BCUT2D eigenvalue weighted by molar-refractivity contribution is 5.83. The van der Waals surface area contributed by atoms with E-state index in [0.29, 0.717) is 0 Å². The van der Waals surface area contributed by atoms with E-state index in [1.807, 2.05) is 24.3 Å². The summed E-state index contributed by atoms with van der Waals surface area (Å²) < 4.78 is 5.34. The molecule has 4 heterocycles. The molecule has 1 unspecified atom stereocenters. The van der Waals surface area contributed by atoms with Crippen LogP contribution >= 0.6 is 0 Å². The predicted octanol–water partition coefficient (Wildman–Crippen LogP) is 3.84. The minimum Gasteiger partial charge on any atom is -0.497 e. The van der Waals surface area contributed by atoms with Gasteiger partial charge in [0.05, 0.1) is 12.6 Å². The first-order chi connectivity index (χ1) is 11.7. The first-order valence-corrected chi connectivity index (χ1v) is 9.03. The molecular formula is C20H25N2O2. The smallest absolute Gasteiger partial charge is 0.134 e. The second kappa shape index (κ2) is 6.34. The number of ether oxygens (including phenoxy) is 1. The maximum atomic E-state index is 13.4. The quantitative estimate of drug-likeness (QED) is 0.858. The minimum atomic E-state index is -0.719. The number of pyridine rings is 1. The highest BCUT2D eigenvalue weighted by Gasteiger charge is 2.43. The van der Waals surface area contributed by atoms with Crippen molar-refractivity contribution in [2.75, 3.05) is 20.2 Å². The third-order valence-electron chi connectivity index (χ3n) is 6.10. The number of aromatic nitrogens is 1. The van der Waals surface area contributed by atoms with Gasteiger partial charge in [-0.2, -0.15) is 0 Å². The van der Waals surface area contributed by atoms with Crippen LogP contribution in [0.1, 0.15) is 37.9 Å². The number of methoxy groups -OCH3 is 1. The number of hydrogen-bond acceptors (Lipinski definition) is 3. The van der Waals surface area contributed by atoms with Gasteiger partial charge in [0.15, 0.2) is 0 Å². The molecule has 0 amide bonds. The average Bonchev–Trinajstić information content (AvgIpc) is 2.66. The first-order valence-electron chi connectivity index (χ1n) is 9.03. The molecule has 4 heteroatoms. The Kier molecular flexibility index (Phi) is 4.19. The van der Waals surface area contributed by atoms with Crippen LogP contribution in [0.4, 0.5) is 0 Å². The molecule has 1 aromatic carbocycles. The zero-order valence-corrected chi connectivity index (χ0v) is 14.4. The molecule has 2 aromatic rings. The van der Waals surface area contributed by atoms with Gasteiger partial charge in [-0.05, 0) is 61.1 Å². The maximum absolute atomic E-state index is 13.4. The van der Waals surface area contributed by atoms with Gasteiger partial charge in [-0.3, -0.25) is 9.88 Å². The van der Waals surface area contributed by atoms with Crippen molar-refractivity contribution in [3.05, 3.63) is 36.0 Å². The molecule has 5 atom stereocenters. The van der Waals surface area contributed by atoms with Gasteiger partial charge in [-0.15, -0.1) is 0 Å². The van der Waals surface area contributed by atoms with Crippen LogP contribution in [-0.4, -0.2) is 36.1 Å². The van der Waals surface area contributed by atoms with E-state index >= 15 is 0 Å². The summed E-state index contributed by atoms with van der Waals surface area (Å²) >= 11 is 0. The van der Waals surface area contributed by atoms with Gasteiger partial charge in [-0.25, -0.2) is 5.11 Å². The Morgan fingerprint density at radius 2 is 2.25 bits per heavy atom. The molecule has 1 aromatic heterocycles. The van der Waals surface area contributed by atoms with Crippen molar-refractivity contribution in [3.8, 4) is 5.75 Å². The highest BCUT2D eigenvalue weighted by Crippen LogP contribution is 2.43. The molecule has 0 spiro atoms. The van der Waals surface area contributed by atoms with Crippen molar-refractivity contribution in [3.63, 3.8) is 0 Å². The Morgan fingerprint density at radius 3 is 2.96 bits per heavy atom. The largest absolute Gasteiger partial charge is 0.497 e. The van der Waals surface area contributed by atoms with Crippen LogP contribution in [0, 0.1) is 11.8 Å². The number of benzene rings is 1. The van der Waals surface area contributed by atoms with Gasteiger partial charge in [0.2, 0.25) is 0 Å². The number of rotatable bonds is 4. The van der Waals surface area contributed by atoms with Crippen molar-refractivity contribution in [2.24, 2.45) is 11.8 Å². The summed E-state index contributed by atoms with van der Waals surface area (Å²) in [5.41, 5.74) is 1.74. The zero-order chi connectivity index (χ0) is 16.7. The third kappa shape index (κ3) is 2.58. The molecule has 0 saturated carbocycles. The van der Waals surface area contributed by atoms with Crippen molar-refractivity contribution in [1.82, 2.24) is 9.88 Å². The highest BCUT2D eigenvalue weighted by atomic mass is 16.5. The van der Waals surface area contributed by atoms with E-state index < -0.39 is 6.10 Å². The Bertz CT molecular complexity index is 733.